The number of hydrogen-bond acceptors (Lipinski definition) is 4. The van der Waals surface area contributed by atoms with Crippen molar-refractivity contribution in [1.82, 2.24) is 20.0 Å². The fourth-order valence-corrected chi connectivity index (χ4v) is 6.18. The average Bonchev–Trinajstić information content (AvgIpc) is 3.51. The molecule has 2 heterocycles. The van der Waals surface area contributed by atoms with Crippen molar-refractivity contribution in [2.45, 2.75) is 102 Å². The van der Waals surface area contributed by atoms with E-state index in [0.29, 0.717) is 12.2 Å². The smallest absolute Gasteiger partial charge is 0.273 e. The van der Waals surface area contributed by atoms with Gasteiger partial charge in [0.1, 0.15) is 17.0 Å². The Morgan fingerprint density at radius 3 is 2.29 bits per heavy atom. The van der Waals surface area contributed by atoms with E-state index in [2.05, 4.69) is 5.32 Å². The topological polar surface area (TPSA) is 76.5 Å². The van der Waals surface area contributed by atoms with Gasteiger partial charge in [-0.15, -0.1) is 0 Å². The number of benzene rings is 1. The van der Waals surface area contributed by atoms with E-state index in [0.717, 1.165) is 68.4 Å². The van der Waals surface area contributed by atoms with E-state index >= 15 is 0 Å². The summed E-state index contributed by atoms with van der Waals surface area (Å²) in [7, 11) is 1.64. The quantitative estimate of drug-likeness (QED) is 0.660. The molecule has 1 aromatic carbocycles. The van der Waals surface area contributed by atoms with Crippen LogP contribution in [0.2, 0.25) is 0 Å². The summed E-state index contributed by atoms with van der Waals surface area (Å²) in [6.07, 6.45) is 12.2. The maximum absolute atomic E-state index is 13.9. The van der Waals surface area contributed by atoms with E-state index in [1.54, 1.807) is 11.8 Å². The van der Waals surface area contributed by atoms with Crippen molar-refractivity contribution in [2.75, 3.05) is 7.11 Å². The number of hydrogen-bond donors (Lipinski definition) is 1. The zero-order valence-corrected chi connectivity index (χ0v) is 21.1. The number of fused-ring (bicyclic) bond motifs is 1. The zero-order chi connectivity index (χ0) is 24.4. The number of carbonyl (C=O) groups excluding carboxylic acids is 2. The zero-order valence-electron chi connectivity index (χ0n) is 21.1. The Balaban J connectivity index is 1.45. The highest BCUT2D eigenvalue weighted by Gasteiger charge is 2.51. The van der Waals surface area contributed by atoms with E-state index in [-0.39, 0.29) is 23.9 Å². The number of ether oxygens (including phenoxy) is 1. The molecular weight excluding hydrogens is 440 g/mol. The number of nitrogens with zero attached hydrogens (tertiary/aromatic N) is 3. The summed E-state index contributed by atoms with van der Waals surface area (Å²) < 4.78 is 7.03. The van der Waals surface area contributed by atoms with Crippen LogP contribution in [0.5, 0.6) is 5.75 Å². The van der Waals surface area contributed by atoms with Gasteiger partial charge in [0.2, 0.25) is 5.91 Å². The van der Waals surface area contributed by atoms with Crippen molar-refractivity contribution in [1.29, 1.82) is 0 Å². The van der Waals surface area contributed by atoms with Crippen LogP contribution in [0.25, 0.3) is 11.3 Å². The summed E-state index contributed by atoms with van der Waals surface area (Å²) in [5.41, 5.74) is 1.28. The molecule has 0 bridgehead atoms. The highest BCUT2D eigenvalue weighted by Crippen LogP contribution is 2.37. The summed E-state index contributed by atoms with van der Waals surface area (Å²) in [5, 5.41) is 8.15. The summed E-state index contributed by atoms with van der Waals surface area (Å²) >= 11 is 0. The predicted octanol–water partition coefficient (Wildman–Crippen LogP) is 4.94. The highest BCUT2D eigenvalue weighted by molar-refractivity contribution is 6.00. The Morgan fingerprint density at radius 2 is 1.63 bits per heavy atom. The summed E-state index contributed by atoms with van der Waals surface area (Å²) in [4.78, 5) is 29.7. The van der Waals surface area contributed by atoms with Gasteiger partial charge in [-0.25, -0.2) is 0 Å². The van der Waals surface area contributed by atoms with Crippen molar-refractivity contribution in [2.24, 2.45) is 0 Å². The largest absolute Gasteiger partial charge is 0.497 e. The first-order valence-electron chi connectivity index (χ1n) is 13.4. The minimum Gasteiger partial charge on any atom is -0.497 e. The van der Waals surface area contributed by atoms with E-state index in [1.807, 2.05) is 42.2 Å². The fraction of sp³-hybridized carbons (Fsp3) is 0.607. The molecular formula is C28H38N4O3. The van der Waals surface area contributed by atoms with E-state index in [9.17, 15) is 9.59 Å². The lowest BCUT2D eigenvalue weighted by atomic mass is 9.90. The third-order valence-corrected chi connectivity index (χ3v) is 8.21. The molecule has 5 rings (SSSR count). The molecule has 0 radical (unpaired) electrons. The molecule has 2 amide bonds. The normalized spacial score (nSPS) is 24.1. The Labute approximate surface area is 208 Å². The Kier molecular flexibility index (Phi) is 6.85. The minimum atomic E-state index is -0.954. The van der Waals surface area contributed by atoms with Gasteiger partial charge < -0.3 is 15.0 Å². The van der Waals surface area contributed by atoms with Gasteiger partial charge in [-0.1, -0.05) is 44.9 Å². The van der Waals surface area contributed by atoms with Gasteiger partial charge in [-0.3, -0.25) is 14.3 Å². The van der Waals surface area contributed by atoms with E-state index < -0.39 is 5.54 Å². The van der Waals surface area contributed by atoms with Gasteiger partial charge in [0.05, 0.1) is 19.3 Å². The van der Waals surface area contributed by atoms with Gasteiger partial charge in [0.25, 0.3) is 5.91 Å². The van der Waals surface area contributed by atoms with Crippen LogP contribution in [0.1, 0.15) is 88.0 Å². The second kappa shape index (κ2) is 10.0. The van der Waals surface area contributed by atoms with Crippen LogP contribution >= 0.6 is 0 Å². The molecule has 0 saturated heterocycles. The maximum Gasteiger partial charge on any atom is 0.273 e. The van der Waals surface area contributed by atoms with Crippen molar-refractivity contribution in [3.8, 4) is 17.0 Å². The standard InChI is InChI=1S/C28H38N4O3/c1-28(27(34)29-21-10-6-4-3-5-7-11-21)19-31-25(26(33)32(28)22-12-8-9-13-22)18-24(30-31)20-14-16-23(35-2)17-15-20/h14-18,21-22H,3-13,19H2,1-2H3,(H,29,34)/t28-/m1/s1. The molecule has 1 aliphatic heterocycles. The lowest BCUT2D eigenvalue weighted by Gasteiger charge is -2.47. The number of carbonyl (C=O) groups is 2. The molecule has 1 atom stereocenters. The summed E-state index contributed by atoms with van der Waals surface area (Å²) in [5.74, 6) is 0.667. The number of nitrogens with one attached hydrogen (secondary N) is 1. The van der Waals surface area contributed by atoms with Crippen molar-refractivity contribution in [3.63, 3.8) is 0 Å². The van der Waals surface area contributed by atoms with Crippen LogP contribution in [0.3, 0.4) is 0 Å². The Bertz CT molecular complexity index is 1050. The number of amides is 2. The minimum absolute atomic E-state index is 0.0320. The van der Waals surface area contributed by atoms with Gasteiger partial charge in [-0.05, 0) is 62.9 Å². The predicted molar refractivity (Wildman–Crippen MR) is 135 cm³/mol. The molecule has 2 aromatic rings. The fourth-order valence-electron chi connectivity index (χ4n) is 6.18. The van der Waals surface area contributed by atoms with Crippen LogP contribution in [0, 0.1) is 0 Å². The number of rotatable bonds is 5. The molecule has 35 heavy (non-hydrogen) atoms. The third kappa shape index (κ3) is 4.69. The van der Waals surface area contributed by atoms with Gasteiger partial charge in [0, 0.05) is 17.6 Å². The van der Waals surface area contributed by atoms with Crippen molar-refractivity contribution < 1.29 is 14.3 Å². The molecule has 0 unspecified atom stereocenters. The molecule has 2 fully saturated rings. The molecule has 3 aliphatic rings. The molecule has 188 valence electrons. The van der Waals surface area contributed by atoms with Crippen LogP contribution in [-0.4, -0.2) is 51.2 Å². The first-order chi connectivity index (χ1) is 17.0. The van der Waals surface area contributed by atoms with Crippen molar-refractivity contribution in [3.05, 3.63) is 36.0 Å². The van der Waals surface area contributed by atoms with Gasteiger partial charge in [-0.2, -0.15) is 5.10 Å². The van der Waals surface area contributed by atoms with Crippen LogP contribution in [0.15, 0.2) is 30.3 Å². The summed E-state index contributed by atoms with van der Waals surface area (Å²) in [6, 6.07) is 9.86. The summed E-state index contributed by atoms with van der Waals surface area (Å²) in [6.45, 7) is 2.32. The van der Waals surface area contributed by atoms with E-state index in [4.69, 9.17) is 9.84 Å². The first kappa shape index (κ1) is 23.9. The lowest BCUT2D eigenvalue weighted by molar-refractivity contribution is -0.135. The SMILES string of the molecule is COc1ccc(-c2cc3n(n2)C[C@](C)(C(=O)NC2CCCCCCC2)N(C2CCCC2)C3=O)cc1. The van der Waals surface area contributed by atoms with Crippen LogP contribution in [-0.2, 0) is 11.3 Å². The van der Waals surface area contributed by atoms with Gasteiger partial charge >= 0.3 is 0 Å². The Hall–Kier alpha value is -2.83. The highest BCUT2D eigenvalue weighted by atomic mass is 16.5. The molecule has 2 aliphatic carbocycles. The second-order valence-electron chi connectivity index (χ2n) is 10.7. The molecule has 7 heteroatoms. The second-order valence-corrected chi connectivity index (χ2v) is 10.7. The molecule has 2 saturated carbocycles. The number of methoxy groups -OCH3 is 1. The lowest BCUT2D eigenvalue weighted by Crippen LogP contribution is -2.67. The van der Waals surface area contributed by atoms with Gasteiger partial charge in [0.15, 0.2) is 0 Å². The molecule has 7 nitrogen and oxygen atoms in total. The van der Waals surface area contributed by atoms with Crippen LogP contribution < -0.4 is 10.1 Å². The average molecular weight is 479 g/mol. The maximum atomic E-state index is 13.9. The molecule has 1 N–H and O–H groups in total. The first-order valence-corrected chi connectivity index (χ1v) is 13.4. The van der Waals surface area contributed by atoms with Crippen LogP contribution in [0.4, 0.5) is 0 Å². The van der Waals surface area contributed by atoms with E-state index in [1.165, 1.54) is 19.3 Å². The number of aromatic nitrogens is 2. The van der Waals surface area contributed by atoms with Crippen molar-refractivity contribution >= 4 is 11.8 Å². The Morgan fingerprint density at radius 1 is 1.00 bits per heavy atom. The third-order valence-electron chi connectivity index (χ3n) is 8.21. The monoisotopic (exact) mass is 478 g/mol. The molecule has 1 aromatic heterocycles. The molecule has 0 spiro atoms.